The molecule has 1 aliphatic rings. The highest BCUT2D eigenvalue weighted by atomic mass is 32.2. The number of ether oxygens (including phenoxy) is 3. The molecule has 0 unspecified atom stereocenters. The maximum atomic E-state index is 13.6. The van der Waals surface area contributed by atoms with E-state index < -0.39 is 10.0 Å². The first-order valence-electron chi connectivity index (χ1n) is 9.42. The Hall–Kier alpha value is -2.78. The van der Waals surface area contributed by atoms with E-state index in [1.807, 2.05) is 6.07 Å². The average Bonchev–Trinajstić information content (AvgIpc) is 3.31. The van der Waals surface area contributed by atoms with Gasteiger partial charge in [0, 0.05) is 29.3 Å². The molecule has 158 valence electrons. The largest absolute Gasteiger partial charge is 0.497 e. The molecule has 1 aromatic heterocycles. The number of aryl methyl sites for hydroxylation is 1. The van der Waals surface area contributed by atoms with Gasteiger partial charge >= 0.3 is 0 Å². The normalized spacial score (nSPS) is 13.3. The van der Waals surface area contributed by atoms with Crippen molar-refractivity contribution in [1.82, 2.24) is 4.98 Å². The molecule has 9 heteroatoms. The van der Waals surface area contributed by atoms with Crippen molar-refractivity contribution in [3.63, 3.8) is 0 Å². The fraction of sp³-hybridized carbons (Fsp3) is 0.286. The van der Waals surface area contributed by atoms with Crippen LogP contribution in [0, 0.1) is 0 Å². The Morgan fingerprint density at radius 3 is 2.77 bits per heavy atom. The van der Waals surface area contributed by atoms with Gasteiger partial charge in [0.25, 0.3) is 10.0 Å². The zero-order valence-electron chi connectivity index (χ0n) is 16.7. The smallest absolute Gasteiger partial charge is 0.266 e. The predicted molar refractivity (Wildman–Crippen MR) is 115 cm³/mol. The molecule has 0 saturated heterocycles. The maximum Gasteiger partial charge on any atom is 0.266 e. The zero-order valence-corrected chi connectivity index (χ0v) is 18.3. The SMILES string of the molecule is COc1ccc(CN(c2nccs2)S(=O)(=O)c2ccc3c(c2)OCCC3)c(OC)c1. The van der Waals surface area contributed by atoms with Gasteiger partial charge in [-0.25, -0.2) is 17.7 Å². The monoisotopic (exact) mass is 446 g/mol. The lowest BCUT2D eigenvalue weighted by Gasteiger charge is -2.24. The molecule has 0 amide bonds. The van der Waals surface area contributed by atoms with E-state index in [0.717, 1.165) is 18.4 Å². The number of rotatable bonds is 7. The molecule has 4 rings (SSSR count). The molecule has 2 heterocycles. The van der Waals surface area contributed by atoms with Crippen molar-refractivity contribution in [3.8, 4) is 17.2 Å². The molecule has 1 aliphatic heterocycles. The van der Waals surface area contributed by atoms with Crippen LogP contribution >= 0.6 is 11.3 Å². The summed E-state index contributed by atoms with van der Waals surface area (Å²) in [6, 6.07) is 10.4. The van der Waals surface area contributed by atoms with Gasteiger partial charge in [0.15, 0.2) is 5.13 Å². The first kappa shape index (κ1) is 20.5. The van der Waals surface area contributed by atoms with Crippen molar-refractivity contribution >= 4 is 26.5 Å². The van der Waals surface area contributed by atoms with Crippen LogP contribution in [0.15, 0.2) is 52.9 Å². The summed E-state index contributed by atoms with van der Waals surface area (Å²) < 4.78 is 44.9. The third-order valence-electron chi connectivity index (χ3n) is 4.92. The number of hydrogen-bond acceptors (Lipinski definition) is 7. The Labute approximate surface area is 179 Å². The van der Waals surface area contributed by atoms with Gasteiger partial charge in [0.1, 0.15) is 17.2 Å². The Bertz CT molecular complexity index is 1130. The van der Waals surface area contributed by atoms with Crippen molar-refractivity contribution < 1.29 is 22.6 Å². The minimum Gasteiger partial charge on any atom is -0.497 e. The molecule has 0 fully saturated rings. The summed E-state index contributed by atoms with van der Waals surface area (Å²) in [5, 5.41) is 2.13. The minimum atomic E-state index is -3.88. The number of benzene rings is 2. The third kappa shape index (κ3) is 3.95. The predicted octanol–water partition coefficient (Wildman–Crippen LogP) is 3.88. The molecule has 2 aromatic carbocycles. The van der Waals surface area contributed by atoms with E-state index in [9.17, 15) is 8.42 Å². The number of anilines is 1. The number of fused-ring (bicyclic) bond motifs is 1. The standard InChI is InChI=1S/C21H22N2O5S2/c1-26-17-7-5-16(19(12-17)27-2)14-23(21-22-9-11-29-21)30(24,25)18-8-6-15-4-3-10-28-20(15)13-18/h5-9,11-13H,3-4,10,14H2,1-2H3. The lowest BCUT2D eigenvalue weighted by Crippen LogP contribution is -2.30. The second-order valence-electron chi connectivity index (χ2n) is 6.73. The summed E-state index contributed by atoms with van der Waals surface area (Å²) in [4.78, 5) is 4.42. The molecule has 0 radical (unpaired) electrons. The summed E-state index contributed by atoms with van der Waals surface area (Å²) in [7, 11) is -0.771. The van der Waals surface area contributed by atoms with Gasteiger partial charge in [0.2, 0.25) is 0 Å². The van der Waals surface area contributed by atoms with Crippen molar-refractivity contribution in [1.29, 1.82) is 0 Å². The van der Waals surface area contributed by atoms with E-state index in [1.165, 1.54) is 15.6 Å². The molecular weight excluding hydrogens is 424 g/mol. The summed E-state index contributed by atoms with van der Waals surface area (Å²) in [5.41, 5.74) is 1.73. The second-order valence-corrected chi connectivity index (χ2v) is 9.46. The number of aromatic nitrogens is 1. The van der Waals surface area contributed by atoms with Crippen molar-refractivity contribution in [2.24, 2.45) is 0 Å². The molecule has 0 saturated carbocycles. The van der Waals surface area contributed by atoms with Gasteiger partial charge in [-0.15, -0.1) is 11.3 Å². The molecule has 7 nitrogen and oxygen atoms in total. The molecule has 30 heavy (non-hydrogen) atoms. The highest BCUT2D eigenvalue weighted by Crippen LogP contribution is 2.34. The van der Waals surface area contributed by atoms with E-state index in [2.05, 4.69) is 4.98 Å². The number of nitrogens with zero attached hydrogens (tertiary/aromatic N) is 2. The molecule has 0 spiro atoms. The third-order valence-corrected chi connectivity index (χ3v) is 7.56. The van der Waals surface area contributed by atoms with E-state index in [-0.39, 0.29) is 11.4 Å². The Balaban J connectivity index is 1.75. The summed E-state index contributed by atoms with van der Waals surface area (Å²) >= 11 is 1.26. The number of methoxy groups -OCH3 is 2. The van der Waals surface area contributed by atoms with Gasteiger partial charge in [0.05, 0.1) is 32.3 Å². The van der Waals surface area contributed by atoms with E-state index in [4.69, 9.17) is 14.2 Å². The first-order valence-corrected chi connectivity index (χ1v) is 11.7. The molecule has 0 aliphatic carbocycles. The van der Waals surface area contributed by atoms with Crippen LogP contribution in [0.25, 0.3) is 0 Å². The van der Waals surface area contributed by atoms with Crippen molar-refractivity contribution in [2.45, 2.75) is 24.3 Å². The molecule has 0 N–H and O–H groups in total. The number of hydrogen-bond donors (Lipinski definition) is 0. The molecule has 3 aromatic rings. The average molecular weight is 447 g/mol. The number of thiazole rings is 1. The Morgan fingerprint density at radius 1 is 1.17 bits per heavy atom. The van der Waals surface area contributed by atoms with Crippen LogP contribution in [0.4, 0.5) is 5.13 Å². The van der Waals surface area contributed by atoms with Crippen molar-refractivity contribution in [3.05, 3.63) is 59.1 Å². The van der Waals surface area contributed by atoms with Crippen molar-refractivity contribution in [2.75, 3.05) is 25.1 Å². The first-order chi connectivity index (χ1) is 14.5. The number of sulfonamides is 1. The fourth-order valence-electron chi connectivity index (χ4n) is 3.34. The van der Waals surface area contributed by atoms with E-state index >= 15 is 0 Å². The van der Waals surface area contributed by atoms with Crippen LogP contribution < -0.4 is 18.5 Å². The van der Waals surface area contributed by atoms with Gasteiger partial charge in [-0.1, -0.05) is 6.07 Å². The molecular formula is C21H22N2O5S2. The van der Waals surface area contributed by atoms with Crippen LogP contribution in [0.2, 0.25) is 0 Å². The summed E-state index contributed by atoms with van der Waals surface area (Å²) in [6.07, 6.45) is 3.40. The zero-order chi connectivity index (χ0) is 21.1. The lowest BCUT2D eigenvalue weighted by molar-refractivity contribution is 0.287. The Morgan fingerprint density at radius 2 is 2.03 bits per heavy atom. The van der Waals surface area contributed by atoms with Crippen LogP contribution in [-0.2, 0) is 23.0 Å². The van der Waals surface area contributed by atoms with Crippen LogP contribution in [0.3, 0.4) is 0 Å². The topological polar surface area (TPSA) is 78.0 Å². The second kappa shape index (κ2) is 8.53. The Kier molecular flexibility index (Phi) is 5.83. The fourth-order valence-corrected chi connectivity index (χ4v) is 5.62. The van der Waals surface area contributed by atoms with Crippen LogP contribution in [-0.4, -0.2) is 34.2 Å². The molecule has 0 atom stereocenters. The van der Waals surface area contributed by atoms with Gasteiger partial charge < -0.3 is 14.2 Å². The quantitative estimate of drug-likeness (QED) is 0.548. The van der Waals surface area contributed by atoms with Gasteiger partial charge in [-0.05, 0) is 36.6 Å². The summed E-state index contributed by atoms with van der Waals surface area (Å²) in [5.74, 6) is 1.80. The molecule has 0 bridgehead atoms. The van der Waals surface area contributed by atoms with Gasteiger partial charge in [-0.3, -0.25) is 0 Å². The summed E-state index contributed by atoms with van der Waals surface area (Å²) in [6.45, 7) is 0.663. The highest BCUT2D eigenvalue weighted by Gasteiger charge is 2.29. The van der Waals surface area contributed by atoms with Crippen LogP contribution in [0.5, 0.6) is 17.2 Å². The van der Waals surface area contributed by atoms with E-state index in [0.29, 0.717) is 34.6 Å². The van der Waals surface area contributed by atoms with E-state index in [1.54, 1.807) is 56.1 Å². The minimum absolute atomic E-state index is 0.0704. The highest BCUT2D eigenvalue weighted by molar-refractivity contribution is 7.93. The van der Waals surface area contributed by atoms with Gasteiger partial charge in [-0.2, -0.15) is 0 Å². The lowest BCUT2D eigenvalue weighted by atomic mass is 10.1. The van der Waals surface area contributed by atoms with Crippen LogP contribution in [0.1, 0.15) is 17.5 Å². The maximum absolute atomic E-state index is 13.6.